The molecule has 2 heterocycles. The molecule has 0 fully saturated rings. The summed E-state index contributed by atoms with van der Waals surface area (Å²) in [6.07, 6.45) is 3.31. The molecule has 1 N–H and O–H groups in total. The fraction of sp³-hybridized carbons (Fsp3) is 0.364. The number of carbonyl (C=O) groups excluding carboxylic acids is 2. The van der Waals surface area contributed by atoms with Crippen molar-refractivity contribution < 1.29 is 23.8 Å². The first-order chi connectivity index (χ1) is 15.5. The molecule has 0 aliphatic carbocycles. The first-order valence-corrected chi connectivity index (χ1v) is 10.5. The highest BCUT2D eigenvalue weighted by Gasteiger charge is 2.39. The van der Waals surface area contributed by atoms with E-state index in [1.165, 1.54) is 7.11 Å². The van der Waals surface area contributed by atoms with Crippen LogP contribution in [-0.2, 0) is 30.3 Å². The first-order valence-electron chi connectivity index (χ1n) is 10.1. The number of nitrogens with one attached hydrogen (secondary N) is 1. The van der Waals surface area contributed by atoms with Crippen LogP contribution in [0.1, 0.15) is 25.3 Å². The molecule has 170 valence electrons. The largest absolute Gasteiger partial charge is 0.466 e. The van der Waals surface area contributed by atoms with Crippen LogP contribution in [0.5, 0.6) is 0 Å². The molecule has 2 aromatic rings. The van der Waals surface area contributed by atoms with E-state index in [9.17, 15) is 9.59 Å². The molecule has 0 radical (unpaired) electrons. The number of allylic oxidation sites excluding steroid dienone is 1. The highest BCUT2D eigenvalue weighted by Crippen LogP contribution is 2.41. The maximum Gasteiger partial charge on any atom is 0.336 e. The van der Waals surface area contributed by atoms with E-state index in [-0.39, 0.29) is 24.4 Å². The molecule has 9 nitrogen and oxygen atoms in total. The van der Waals surface area contributed by atoms with Crippen LogP contribution in [0.3, 0.4) is 0 Å². The number of carbonyl (C=O) groups is 2. The lowest BCUT2D eigenvalue weighted by Crippen LogP contribution is -2.35. The molecule has 0 bridgehead atoms. The molecule has 1 atom stereocenters. The number of hydrogen-bond acceptors (Lipinski definition) is 8. The van der Waals surface area contributed by atoms with Gasteiger partial charge in [-0.25, -0.2) is 9.59 Å². The molecule has 3 rings (SSSR count). The Hall–Kier alpha value is -3.17. The van der Waals surface area contributed by atoms with Crippen LogP contribution in [0.2, 0.25) is 5.02 Å². The van der Waals surface area contributed by atoms with Gasteiger partial charge in [-0.15, -0.1) is 5.10 Å². The normalized spacial score (nSPS) is 16.1. The van der Waals surface area contributed by atoms with Crippen LogP contribution in [0.25, 0.3) is 0 Å². The van der Waals surface area contributed by atoms with E-state index in [2.05, 4.69) is 15.6 Å². The third-order valence-electron chi connectivity index (χ3n) is 4.94. The van der Waals surface area contributed by atoms with Gasteiger partial charge in [0, 0.05) is 16.9 Å². The van der Waals surface area contributed by atoms with Crippen molar-refractivity contribution in [3.05, 3.63) is 69.8 Å². The lowest BCUT2D eigenvalue weighted by Gasteiger charge is -2.31. The summed E-state index contributed by atoms with van der Waals surface area (Å²) < 4.78 is 17.8. The quantitative estimate of drug-likeness (QED) is 0.449. The van der Waals surface area contributed by atoms with Gasteiger partial charge in [0.25, 0.3) is 0 Å². The van der Waals surface area contributed by atoms with Crippen LogP contribution >= 0.6 is 11.6 Å². The molecule has 1 aromatic heterocycles. The molecule has 0 saturated carbocycles. The zero-order valence-electron chi connectivity index (χ0n) is 18.1. The van der Waals surface area contributed by atoms with Crippen molar-refractivity contribution >= 4 is 23.5 Å². The predicted molar refractivity (Wildman–Crippen MR) is 117 cm³/mol. The van der Waals surface area contributed by atoms with Crippen LogP contribution in [0, 0.1) is 0 Å². The van der Waals surface area contributed by atoms with Gasteiger partial charge >= 0.3 is 11.9 Å². The summed E-state index contributed by atoms with van der Waals surface area (Å²) in [6.45, 7) is 4.57. The Morgan fingerprint density at radius 2 is 2.00 bits per heavy atom. The van der Waals surface area contributed by atoms with Gasteiger partial charge < -0.3 is 19.5 Å². The number of halogens is 1. The minimum Gasteiger partial charge on any atom is -0.466 e. The number of dihydropyridines is 1. The molecule has 0 amide bonds. The lowest BCUT2D eigenvalue weighted by molar-refractivity contribution is -0.139. The second kappa shape index (κ2) is 10.9. The number of ether oxygens (including phenoxy) is 3. The van der Waals surface area contributed by atoms with Crippen molar-refractivity contribution in [1.82, 2.24) is 20.3 Å². The van der Waals surface area contributed by atoms with Gasteiger partial charge in [0.05, 0.1) is 62.4 Å². The maximum atomic E-state index is 13.1. The third-order valence-corrected chi connectivity index (χ3v) is 5.29. The van der Waals surface area contributed by atoms with Crippen molar-refractivity contribution in [2.75, 3.05) is 26.9 Å². The Balaban J connectivity index is 2.00. The maximum absolute atomic E-state index is 13.1. The van der Waals surface area contributed by atoms with Crippen molar-refractivity contribution in [2.45, 2.75) is 26.3 Å². The summed E-state index contributed by atoms with van der Waals surface area (Å²) >= 11 is 6.48. The fourth-order valence-electron chi connectivity index (χ4n) is 3.55. The molecular weight excluding hydrogens is 436 g/mol. The molecule has 0 spiro atoms. The van der Waals surface area contributed by atoms with Gasteiger partial charge in [-0.2, -0.15) is 0 Å². The van der Waals surface area contributed by atoms with Gasteiger partial charge in [-0.3, -0.25) is 4.68 Å². The monoisotopic (exact) mass is 460 g/mol. The second-order valence-corrected chi connectivity index (χ2v) is 7.35. The van der Waals surface area contributed by atoms with Gasteiger partial charge in [0.15, 0.2) is 0 Å². The number of benzene rings is 1. The number of nitrogens with zero attached hydrogens (tertiary/aromatic N) is 3. The van der Waals surface area contributed by atoms with Gasteiger partial charge in [-0.05, 0) is 25.5 Å². The first kappa shape index (κ1) is 23.5. The molecule has 0 saturated heterocycles. The lowest BCUT2D eigenvalue weighted by atomic mass is 9.80. The van der Waals surface area contributed by atoms with E-state index < -0.39 is 17.9 Å². The summed E-state index contributed by atoms with van der Waals surface area (Å²) in [6, 6.07) is 7.06. The average molecular weight is 461 g/mol. The molecule has 1 aliphatic heterocycles. The molecule has 1 aliphatic rings. The van der Waals surface area contributed by atoms with Gasteiger partial charge in [0.1, 0.15) is 0 Å². The fourth-order valence-corrected chi connectivity index (χ4v) is 3.79. The summed E-state index contributed by atoms with van der Waals surface area (Å²) in [5, 5.41) is 11.2. The van der Waals surface area contributed by atoms with E-state index in [1.54, 1.807) is 55.2 Å². The molecule has 1 unspecified atom stereocenters. The van der Waals surface area contributed by atoms with Crippen molar-refractivity contribution in [2.24, 2.45) is 0 Å². The Kier molecular flexibility index (Phi) is 8.02. The van der Waals surface area contributed by atoms with Crippen LogP contribution in [0.4, 0.5) is 0 Å². The van der Waals surface area contributed by atoms with Crippen LogP contribution in [0.15, 0.2) is 59.2 Å². The summed E-state index contributed by atoms with van der Waals surface area (Å²) in [4.78, 5) is 25.8. The molecular formula is C22H25ClN4O5. The van der Waals surface area contributed by atoms with E-state index in [1.807, 2.05) is 0 Å². The minimum absolute atomic E-state index is 0.0928. The number of rotatable bonds is 9. The average Bonchev–Trinajstić information content (AvgIpc) is 3.30. The minimum atomic E-state index is -0.773. The van der Waals surface area contributed by atoms with E-state index in [0.29, 0.717) is 35.1 Å². The number of aromatic nitrogens is 3. The number of methoxy groups -OCH3 is 1. The Morgan fingerprint density at radius 3 is 2.66 bits per heavy atom. The van der Waals surface area contributed by atoms with Crippen molar-refractivity contribution in [1.29, 1.82) is 0 Å². The predicted octanol–water partition coefficient (Wildman–Crippen LogP) is 2.60. The second-order valence-electron chi connectivity index (χ2n) is 6.94. The molecule has 10 heteroatoms. The molecule has 1 aromatic carbocycles. The van der Waals surface area contributed by atoms with Crippen molar-refractivity contribution in [3.8, 4) is 0 Å². The van der Waals surface area contributed by atoms with Crippen LogP contribution < -0.4 is 5.32 Å². The van der Waals surface area contributed by atoms with Crippen molar-refractivity contribution in [3.63, 3.8) is 0 Å². The smallest absolute Gasteiger partial charge is 0.336 e. The SMILES string of the molecule is CCOC(=O)C1=C(COCCn2ccnn2)NC(C)=C(C(=O)OC)C1c1ccccc1Cl. The Labute approximate surface area is 191 Å². The topological polar surface area (TPSA) is 105 Å². The summed E-state index contributed by atoms with van der Waals surface area (Å²) in [5.74, 6) is -1.90. The highest BCUT2D eigenvalue weighted by atomic mass is 35.5. The standard InChI is InChI=1S/C22H25ClN4O5/c1-4-32-22(29)20-17(13-31-12-11-27-10-9-24-26-27)25-14(2)18(21(28)30-3)19(20)15-7-5-6-8-16(15)23/h5-10,19,25H,4,11-13H2,1-3H3. The van der Waals surface area contributed by atoms with Gasteiger partial charge in [0.2, 0.25) is 0 Å². The zero-order chi connectivity index (χ0) is 23.1. The molecule has 32 heavy (non-hydrogen) atoms. The van der Waals surface area contributed by atoms with E-state index in [0.717, 1.165) is 0 Å². The highest BCUT2D eigenvalue weighted by molar-refractivity contribution is 6.31. The van der Waals surface area contributed by atoms with E-state index in [4.69, 9.17) is 25.8 Å². The Bertz CT molecular complexity index is 1030. The number of esters is 2. The summed E-state index contributed by atoms with van der Waals surface area (Å²) in [5.41, 5.74) is 2.18. The van der Waals surface area contributed by atoms with Gasteiger partial charge in [-0.1, -0.05) is 35.0 Å². The van der Waals surface area contributed by atoms with Crippen LogP contribution in [-0.4, -0.2) is 53.9 Å². The Morgan fingerprint density at radius 1 is 1.22 bits per heavy atom. The number of hydrogen-bond donors (Lipinski definition) is 1. The van der Waals surface area contributed by atoms with E-state index >= 15 is 0 Å². The third kappa shape index (κ3) is 5.17. The zero-order valence-corrected chi connectivity index (χ0v) is 18.9. The summed E-state index contributed by atoms with van der Waals surface area (Å²) in [7, 11) is 1.29.